The second-order valence-corrected chi connectivity index (χ2v) is 3.35. The predicted octanol–water partition coefficient (Wildman–Crippen LogP) is 0.219. The largest absolute Gasteiger partial charge is 0.368 e. The van der Waals surface area contributed by atoms with Crippen LogP contribution in [0.3, 0.4) is 0 Å². The minimum atomic E-state index is -0.624. The van der Waals surface area contributed by atoms with E-state index in [1.54, 1.807) is 6.92 Å². The van der Waals surface area contributed by atoms with Crippen LogP contribution in [0.15, 0.2) is 30.3 Å². The highest BCUT2D eigenvalue weighted by Gasteiger charge is 2.11. The van der Waals surface area contributed by atoms with Crippen LogP contribution in [0.25, 0.3) is 0 Å². The smallest absolute Gasteiger partial charge is 0.239 e. The lowest BCUT2D eigenvalue weighted by Crippen LogP contribution is -2.42. The first-order chi connectivity index (χ1) is 7.09. The third-order valence-corrected chi connectivity index (χ3v) is 2.01. The number of carbonyl (C=O) groups is 2. The molecule has 1 atom stereocenters. The van der Waals surface area contributed by atoms with Gasteiger partial charge in [0.15, 0.2) is 0 Å². The number of primary amides is 1. The zero-order valence-electron chi connectivity index (χ0n) is 8.57. The average molecular weight is 206 g/mol. The molecule has 1 aromatic rings. The molecule has 0 saturated heterocycles. The summed E-state index contributed by atoms with van der Waals surface area (Å²) in [6.07, 6.45) is 0.262. The molecule has 0 saturated carbocycles. The summed E-state index contributed by atoms with van der Waals surface area (Å²) in [6, 6.07) is 8.69. The SMILES string of the molecule is C[C@H](NC(=O)Cc1ccccc1)C(N)=O. The Morgan fingerprint density at radius 2 is 1.93 bits per heavy atom. The first-order valence-electron chi connectivity index (χ1n) is 4.72. The van der Waals surface area contributed by atoms with Gasteiger partial charge in [-0.2, -0.15) is 0 Å². The van der Waals surface area contributed by atoms with Gasteiger partial charge < -0.3 is 11.1 Å². The van der Waals surface area contributed by atoms with Crippen molar-refractivity contribution >= 4 is 11.8 Å². The highest BCUT2D eigenvalue weighted by molar-refractivity contribution is 5.87. The molecule has 4 heteroatoms. The van der Waals surface area contributed by atoms with Gasteiger partial charge in [0.25, 0.3) is 0 Å². The van der Waals surface area contributed by atoms with Crippen molar-refractivity contribution in [1.82, 2.24) is 5.32 Å². The summed E-state index contributed by atoms with van der Waals surface area (Å²) >= 11 is 0. The van der Waals surface area contributed by atoms with Crippen molar-refractivity contribution in [2.45, 2.75) is 19.4 Å². The Morgan fingerprint density at radius 3 is 2.47 bits per heavy atom. The summed E-state index contributed by atoms with van der Waals surface area (Å²) in [5.74, 6) is -0.732. The average Bonchev–Trinajstić information content (AvgIpc) is 2.18. The molecule has 0 aliphatic rings. The van der Waals surface area contributed by atoms with Crippen molar-refractivity contribution in [2.75, 3.05) is 0 Å². The fourth-order valence-electron chi connectivity index (χ4n) is 1.14. The zero-order chi connectivity index (χ0) is 11.3. The molecule has 0 aliphatic carbocycles. The topological polar surface area (TPSA) is 72.2 Å². The number of hydrogen-bond donors (Lipinski definition) is 2. The summed E-state index contributed by atoms with van der Waals surface area (Å²) in [7, 11) is 0. The molecule has 4 nitrogen and oxygen atoms in total. The Labute approximate surface area is 88.5 Å². The van der Waals surface area contributed by atoms with Gasteiger partial charge in [0, 0.05) is 0 Å². The van der Waals surface area contributed by atoms with E-state index in [1.165, 1.54) is 0 Å². The third-order valence-electron chi connectivity index (χ3n) is 2.01. The molecule has 0 spiro atoms. The molecule has 0 aromatic heterocycles. The zero-order valence-corrected chi connectivity index (χ0v) is 8.57. The minimum Gasteiger partial charge on any atom is -0.368 e. The van der Waals surface area contributed by atoms with Crippen LogP contribution < -0.4 is 11.1 Å². The van der Waals surface area contributed by atoms with Crippen LogP contribution in [0.5, 0.6) is 0 Å². The van der Waals surface area contributed by atoms with Gasteiger partial charge in [-0.3, -0.25) is 9.59 Å². The molecule has 0 radical (unpaired) electrons. The molecule has 0 bridgehead atoms. The van der Waals surface area contributed by atoms with Gasteiger partial charge in [-0.05, 0) is 12.5 Å². The summed E-state index contributed by atoms with van der Waals surface area (Å²) in [5.41, 5.74) is 5.93. The van der Waals surface area contributed by atoms with Crippen LogP contribution in [0, 0.1) is 0 Å². The highest BCUT2D eigenvalue weighted by Crippen LogP contribution is 1.99. The van der Waals surface area contributed by atoms with E-state index < -0.39 is 11.9 Å². The Bertz CT molecular complexity index is 349. The van der Waals surface area contributed by atoms with E-state index in [1.807, 2.05) is 30.3 Å². The van der Waals surface area contributed by atoms with Gasteiger partial charge in [0.2, 0.25) is 11.8 Å². The number of carbonyl (C=O) groups excluding carboxylic acids is 2. The first kappa shape index (κ1) is 11.2. The van der Waals surface area contributed by atoms with E-state index in [9.17, 15) is 9.59 Å². The van der Waals surface area contributed by atoms with Crippen LogP contribution in [-0.2, 0) is 16.0 Å². The van der Waals surface area contributed by atoms with Gasteiger partial charge in [0.05, 0.1) is 6.42 Å². The maximum absolute atomic E-state index is 11.4. The van der Waals surface area contributed by atoms with E-state index in [2.05, 4.69) is 5.32 Å². The van der Waals surface area contributed by atoms with E-state index >= 15 is 0 Å². The molecule has 1 aromatic carbocycles. The number of rotatable bonds is 4. The second-order valence-electron chi connectivity index (χ2n) is 3.35. The van der Waals surface area contributed by atoms with Crippen LogP contribution in [-0.4, -0.2) is 17.9 Å². The van der Waals surface area contributed by atoms with Crippen LogP contribution in [0.4, 0.5) is 0 Å². The summed E-state index contributed by atoms with van der Waals surface area (Å²) in [5, 5.41) is 2.51. The fraction of sp³-hybridized carbons (Fsp3) is 0.273. The highest BCUT2D eigenvalue weighted by atomic mass is 16.2. The number of nitrogens with two attached hydrogens (primary N) is 1. The summed E-state index contributed by atoms with van der Waals surface area (Å²) in [4.78, 5) is 22.1. The maximum atomic E-state index is 11.4. The quantitative estimate of drug-likeness (QED) is 0.739. The van der Waals surface area contributed by atoms with Crippen LogP contribution in [0.1, 0.15) is 12.5 Å². The first-order valence-corrected chi connectivity index (χ1v) is 4.72. The van der Waals surface area contributed by atoms with Gasteiger partial charge in [-0.1, -0.05) is 30.3 Å². The molecule has 3 N–H and O–H groups in total. The molecule has 0 aliphatic heterocycles. The van der Waals surface area contributed by atoms with Gasteiger partial charge in [-0.25, -0.2) is 0 Å². The van der Waals surface area contributed by atoms with E-state index in [-0.39, 0.29) is 12.3 Å². The summed E-state index contributed by atoms with van der Waals surface area (Å²) < 4.78 is 0. The van der Waals surface area contributed by atoms with Gasteiger partial charge in [-0.15, -0.1) is 0 Å². The molecule has 2 amide bonds. The Hall–Kier alpha value is -1.84. The lowest BCUT2D eigenvalue weighted by Gasteiger charge is -2.09. The molecular formula is C11H14N2O2. The number of amides is 2. The minimum absolute atomic E-state index is 0.201. The van der Waals surface area contributed by atoms with Crippen molar-refractivity contribution in [1.29, 1.82) is 0 Å². The molecule has 1 rings (SSSR count). The van der Waals surface area contributed by atoms with Crippen molar-refractivity contribution in [3.05, 3.63) is 35.9 Å². The second kappa shape index (κ2) is 5.14. The normalized spacial score (nSPS) is 11.8. The number of hydrogen-bond acceptors (Lipinski definition) is 2. The lowest BCUT2D eigenvalue weighted by atomic mass is 10.1. The van der Waals surface area contributed by atoms with E-state index in [4.69, 9.17) is 5.73 Å². The van der Waals surface area contributed by atoms with Crippen molar-refractivity contribution in [3.8, 4) is 0 Å². The predicted molar refractivity (Wildman–Crippen MR) is 56.9 cm³/mol. The Kier molecular flexibility index (Phi) is 3.85. The van der Waals surface area contributed by atoms with Gasteiger partial charge in [0.1, 0.15) is 6.04 Å². The molecule has 15 heavy (non-hydrogen) atoms. The molecule has 80 valence electrons. The maximum Gasteiger partial charge on any atom is 0.239 e. The summed E-state index contributed by atoms with van der Waals surface area (Å²) in [6.45, 7) is 1.56. The van der Waals surface area contributed by atoms with Crippen LogP contribution in [0.2, 0.25) is 0 Å². The number of nitrogens with one attached hydrogen (secondary N) is 1. The van der Waals surface area contributed by atoms with Gasteiger partial charge >= 0.3 is 0 Å². The Balaban J connectivity index is 2.47. The van der Waals surface area contributed by atoms with Crippen molar-refractivity contribution in [3.63, 3.8) is 0 Å². The Morgan fingerprint density at radius 1 is 1.33 bits per heavy atom. The standard InChI is InChI=1S/C11H14N2O2/c1-8(11(12)15)13-10(14)7-9-5-3-2-4-6-9/h2-6,8H,7H2,1H3,(H2,12,15)(H,13,14)/t8-/m0/s1. The molecule has 0 unspecified atom stereocenters. The van der Waals surface area contributed by atoms with Crippen LogP contribution >= 0.6 is 0 Å². The fourth-order valence-corrected chi connectivity index (χ4v) is 1.14. The lowest BCUT2D eigenvalue weighted by molar-refractivity contribution is -0.126. The monoisotopic (exact) mass is 206 g/mol. The van der Waals surface area contributed by atoms with Crippen molar-refractivity contribution < 1.29 is 9.59 Å². The molecule has 0 heterocycles. The van der Waals surface area contributed by atoms with Crippen molar-refractivity contribution in [2.24, 2.45) is 5.73 Å². The number of benzene rings is 1. The third kappa shape index (κ3) is 3.81. The van der Waals surface area contributed by atoms with E-state index in [0.29, 0.717) is 0 Å². The molecular weight excluding hydrogens is 192 g/mol. The molecule has 0 fully saturated rings. The van der Waals surface area contributed by atoms with E-state index in [0.717, 1.165) is 5.56 Å².